The fourth-order valence-electron chi connectivity index (χ4n) is 13.5. The van der Waals surface area contributed by atoms with Crippen molar-refractivity contribution < 1.29 is 33.8 Å². The van der Waals surface area contributed by atoms with Crippen LogP contribution >= 0.6 is 34.8 Å². The van der Waals surface area contributed by atoms with Gasteiger partial charge in [0.25, 0.3) is 0 Å². The number of pyridine rings is 5. The van der Waals surface area contributed by atoms with Crippen LogP contribution in [0.5, 0.6) is 0 Å². The summed E-state index contributed by atoms with van der Waals surface area (Å²) in [5, 5.41) is 54.8. The SMILES string of the molecule is C1=COCCC1.CC1=CC(B(O)O)CCN1.Cc1cc(-c2ncnc3[nH]ncc23)ccn1.Cc1cc(-c2ncnc3c2cnn3C2CCCCO2)ccn1.Cc1cc(-c2ncnc3c2cnn3CC(=O)Nc2ccc(-c3cnccn3)cn2)ccn1.Clc1ncnc2[nH]ncc12.Clc1ncnc2c1cnn2C1CCCCO1.O=C(CCl)c1ccc(-c2cnccn2)cn1. The van der Waals surface area contributed by atoms with Crippen LogP contribution in [-0.4, -0.2) is 206 Å². The Balaban J connectivity index is 0.000000123. The van der Waals surface area contributed by atoms with Gasteiger partial charge in [0.05, 0.1) is 118 Å². The zero-order valence-electron chi connectivity index (χ0n) is 69.7. The van der Waals surface area contributed by atoms with Gasteiger partial charge < -0.3 is 34.9 Å². The maximum absolute atomic E-state index is 12.6. The van der Waals surface area contributed by atoms with Gasteiger partial charge in [0.1, 0.15) is 60.0 Å². The summed E-state index contributed by atoms with van der Waals surface area (Å²) >= 11 is 17.1. The minimum absolute atomic E-state index is 0.0110. The van der Waals surface area contributed by atoms with Crippen molar-refractivity contribution >= 4 is 115 Å². The number of aromatic nitrogens is 29. The predicted molar refractivity (Wildman–Crippen MR) is 480 cm³/mol. The number of anilines is 1. The molecule has 1 amide bonds. The third-order valence-corrected chi connectivity index (χ3v) is 20.6. The number of alkyl halides is 1. The Morgan fingerprint density at radius 1 is 0.492 bits per heavy atom. The summed E-state index contributed by atoms with van der Waals surface area (Å²) < 4.78 is 21.6. The summed E-state index contributed by atoms with van der Waals surface area (Å²) in [6, 6.07) is 18.7. The smallest absolute Gasteiger partial charge is 0.458 e. The minimum Gasteiger partial charge on any atom is -0.502 e. The van der Waals surface area contributed by atoms with E-state index in [4.69, 9.17) is 59.1 Å². The first kappa shape index (κ1) is 89.9. The number of halogens is 3. The first-order valence-corrected chi connectivity index (χ1v) is 41.9. The van der Waals surface area contributed by atoms with Crippen LogP contribution in [0.4, 0.5) is 5.82 Å². The maximum atomic E-state index is 12.6. The highest BCUT2D eigenvalue weighted by atomic mass is 35.5. The lowest BCUT2D eigenvalue weighted by atomic mass is 9.69. The van der Waals surface area contributed by atoms with Gasteiger partial charge >= 0.3 is 7.12 Å². The Bertz CT molecular complexity index is 6550. The summed E-state index contributed by atoms with van der Waals surface area (Å²) in [5.41, 5.74) is 16.3. The Morgan fingerprint density at radius 2 is 1.02 bits per heavy atom. The van der Waals surface area contributed by atoms with Gasteiger partial charge in [-0.1, -0.05) is 29.3 Å². The van der Waals surface area contributed by atoms with Gasteiger partial charge in [-0.2, -0.15) is 25.5 Å². The van der Waals surface area contributed by atoms with Crippen LogP contribution in [0.15, 0.2) is 216 Å². The molecule has 38 nitrogen and oxygen atoms in total. The van der Waals surface area contributed by atoms with Gasteiger partial charge in [0.2, 0.25) is 5.91 Å². The number of amides is 1. The highest BCUT2D eigenvalue weighted by Gasteiger charge is 2.25. The molecule has 2 saturated heterocycles. The number of carbonyl (C=O) groups excluding carboxylic acids is 2. The normalized spacial score (nSPS) is 14.9. The molecule has 42 heteroatoms. The number of fused-ring (bicyclic) bond motifs is 5. The fraction of sp³-hybridized carbons (Fsp3) is 0.256. The van der Waals surface area contributed by atoms with Crippen molar-refractivity contribution in [1.82, 2.24) is 150 Å². The second kappa shape index (κ2) is 45.0. The van der Waals surface area contributed by atoms with E-state index in [0.717, 1.165) is 189 Å². The number of nitrogens with one attached hydrogen (secondary N) is 4. The standard InChI is InChI=1S/C22H17N9O.C16H17N5O.C11H8ClN3O.C11H9N5.C10H11ClN4O.C6H12BNO2.C5H3ClN4.C5H8O/c1-14-8-15(4-5-24-14)21-17-10-29-31(22(17)28-13-27-21)12-20(32)30-19-3-2-16(9-26-19)18-11-23-6-7-25-18;1-11-8-12(5-6-17-11)15-13-9-20-21(16(13)19-10-18-15)14-4-2-3-7-22-14;12-5-11(16)9-2-1-8(6-15-9)10-7-13-3-4-14-10;1-7-4-8(2-3-12-7)10-9-5-15-16-11(9)14-6-13-10;11-9-7-5-14-15(10(7)13-6-12-9)8-3-1-2-4-16-8;1-5-4-6(7(9)10)2-3-8-5;6-4-3-1-9-10-5(3)8-2-7-4;1-2-4-6-5-3-1/h2-11,13H,12H2,1H3,(H,26,30,32);5-6,8-10,14H,2-4,7H2,1H3;1-4,6-7H,5H2;2-6H,1H3,(H,13,14,15,16);5-6,8H,1-4H2;4,6,8-10H,2-3H2,1H3;1-2H,(H,7,8,9,10);2,4H,1,3,5H2. The van der Waals surface area contributed by atoms with Crippen LogP contribution in [0.25, 0.3) is 111 Å². The van der Waals surface area contributed by atoms with E-state index < -0.39 is 7.12 Å². The van der Waals surface area contributed by atoms with Gasteiger partial charge in [-0.15, -0.1) is 11.6 Å². The number of nitrogens with zero attached hydrogens (tertiary/aromatic N) is 27. The molecule has 17 aromatic heterocycles. The highest BCUT2D eigenvalue weighted by molar-refractivity contribution is 6.44. The molecular formula is C86H85BCl3N31O7. The van der Waals surface area contributed by atoms with Crippen molar-refractivity contribution in [2.24, 2.45) is 0 Å². The largest absolute Gasteiger partial charge is 0.502 e. The Labute approximate surface area is 746 Å². The van der Waals surface area contributed by atoms with Gasteiger partial charge in [0.15, 0.2) is 46.5 Å². The minimum atomic E-state index is -1.20. The molecule has 0 bridgehead atoms. The quantitative estimate of drug-likeness (QED) is 0.0270. The molecule has 0 spiro atoms. The number of ketones is 1. The van der Waals surface area contributed by atoms with Gasteiger partial charge in [-0.3, -0.25) is 59.7 Å². The first-order valence-electron chi connectivity index (χ1n) is 40.6. The molecule has 3 atom stereocenters. The summed E-state index contributed by atoms with van der Waals surface area (Å²) in [5.74, 6) is -0.165. The molecule has 0 aliphatic carbocycles. The Kier molecular flexibility index (Phi) is 31.6. The molecule has 4 aliphatic heterocycles. The maximum Gasteiger partial charge on any atom is 0.458 e. The molecule has 6 N–H and O–H groups in total. The van der Waals surface area contributed by atoms with E-state index in [9.17, 15) is 9.59 Å². The van der Waals surface area contributed by atoms with Crippen molar-refractivity contribution in [3.8, 4) is 56.3 Å². The average molecular weight is 1780 g/mol. The van der Waals surface area contributed by atoms with Gasteiger partial charge in [0, 0.05) is 132 Å². The third kappa shape index (κ3) is 24.0. The van der Waals surface area contributed by atoms with Crippen LogP contribution < -0.4 is 10.6 Å². The molecule has 3 unspecified atom stereocenters. The monoisotopic (exact) mass is 1780 g/mol. The molecule has 21 heterocycles. The number of aromatic amines is 2. The number of ether oxygens (including phenoxy) is 3. The van der Waals surface area contributed by atoms with E-state index in [0.29, 0.717) is 38.8 Å². The van der Waals surface area contributed by atoms with Crippen molar-refractivity contribution in [2.45, 2.75) is 110 Å². The van der Waals surface area contributed by atoms with E-state index in [1.54, 1.807) is 128 Å². The van der Waals surface area contributed by atoms with Gasteiger partial charge in [-0.05, 0) is 152 Å². The number of carbonyl (C=O) groups is 2. The summed E-state index contributed by atoms with van der Waals surface area (Å²) in [4.78, 5) is 103. The van der Waals surface area contributed by atoms with E-state index in [1.807, 2.05) is 93.2 Å². The molecule has 17 aromatic rings. The summed E-state index contributed by atoms with van der Waals surface area (Å²) in [6.45, 7) is 11.1. The van der Waals surface area contributed by atoms with Crippen molar-refractivity contribution in [2.75, 3.05) is 37.6 Å². The van der Waals surface area contributed by atoms with E-state index >= 15 is 0 Å². The average Bonchev–Trinajstić information content (AvgIpc) is 1.64. The van der Waals surface area contributed by atoms with Crippen LogP contribution in [0, 0.1) is 20.8 Å². The molecule has 4 aliphatic rings. The Hall–Kier alpha value is -14.3. The van der Waals surface area contributed by atoms with Crippen LogP contribution in [0.3, 0.4) is 0 Å². The molecule has 0 radical (unpaired) electrons. The number of hydrogen-bond donors (Lipinski definition) is 6. The zero-order chi connectivity index (χ0) is 88.9. The van der Waals surface area contributed by atoms with E-state index in [1.165, 1.54) is 42.8 Å². The number of rotatable bonds is 13. The molecule has 0 saturated carbocycles. The van der Waals surface area contributed by atoms with Crippen molar-refractivity contribution in [3.05, 3.63) is 249 Å². The lowest BCUT2D eigenvalue weighted by Crippen LogP contribution is -2.28. The third-order valence-electron chi connectivity index (χ3n) is 19.7. The molecular weight excluding hydrogens is 1700 g/mol. The molecule has 0 aromatic carbocycles. The first-order chi connectivity index (χ1) is 62.6. The number of aryl methyl sites for hydroxylation is 3. The lowest BCUT2D eigenvalue weighted by Gasteiger charge is -2.22. The summed E-state index contributed by atoms with van der Waals surface area (Å²) in [6.07, 6.45) is 49.5. The second-order valence-electron chi connectivity index (χ2n) is 28.8. The molecule has 650 valence electrons. The van der Waals surface area contributed by atoms with E-state index in [-0.39, 0.29) is 42.4 Å². The number of hydrogen-bond acceptors (Lipinski definition) is 32. The van der Waals surface area contributed by atoms with Crippen LogP contribution in [-0.2, 0) is 25.5 Å². The Morgan fingerprint density at radius 3 is 1.50 bits per heavy atom. The van der Waals surface area contributed by atoms with Crippen LogP contribution in [0.1, 0.15) is 105 Å². The predicted octanol–water partition coefficient (Wildman–Crippen LogP) is 13.5. The zero-order valence-corrected chi connectivity index (χ0v) is 72.0. The highest BCUT2D eigenvalue weighted by Crippen LogP contribution is 2.33. The fourth-order valence-corrected chi connectivity index (χ4v) is 14.0. The second-order valence-corrected chi connectivity index (χ2v) is 29.8. The van der Waals surface area contributed by atoms with Crippen molar-refractivity contribution in [1.29, 1.82) is 0 Å². The lowest BCUT2D eigenvalue weighted by molar-refractivity contribution is -0.116. The number of allylic oxidation sites excluding steroid dienone is 3. The van der Waals surface area contributed by atoms with E-state index in [2.05, 4.69) is 141 Å². The molecule has 21 rings (SSSR count). The molecule has 128 heavy (non-hydrogen) atoms. The van der Waals surface area contributed by atoms with Gasteiger partial charge in [-0.25, -0.2) is 68.9 Å². The number of H-pyrrole nitrogens is 2. The van der Waals surface area contributed by atoms with Crippen LogP contribution in [0.2, 0.25) is 16.1 Å². The van der Waals surface area contributed by atoms with Crippen molar-refractivity contribution in [3.63, 3.8) is 0 Å². The molecule has 2 fully saturated rings. The topological polar surface area (TPSA) is 482 Å². The summed E-state index contributed by atoms with van der Waals surface area (Å²) in [7, 11) is -1.20. The number of Topliss-reactive ketones (excluding diaryl/α,β-unsaturated/α-hetero) is 1.